The van der Waals surface area contributed by atoms with Crippen molar-refractivity contribution < 1.29 is 18.9 Å². The Labute approximate surface area is 222 Å². The van der Waals surface area contributed by atoms with Gasteiger partial charge in [-0.15, -0.1) is 0 Å². The second kappa shape index (κ2) is 16.6. The van der Waals surface area contributed by atoms with Crippen molar-refractivity contribution in [3.63, 3.8) is 0 Å². The van der Waals surface area contributed by atoms with Gasteiger partial charge in [0, 0.05) is 70.3 Å². The molecule has 0 atom stereocenters. The van der Waals surface area contributed by atoms with E-state index in [0.717, 1.165) is 58.9 Å². The van der Waals surface area contributed by atoms with Crippen molar-refractivity contribution in [1.82, 2.24) is 10.2 Å². The van der Waals surface area contributed by atoms with Gasteiger partial charge in [0.15, 0.2) is 0 Å². The molecule has 2 fully saturated rings. The first-order chi connectivity index (χ1) is 18.4. The van der Waals surface area contributed by atoms with E-state index in [2.05, 4.69) is 74.6 Å². The van der Waals surface area contributed by atoms with E-state index in [9.17, 15) is 0 Å². The van der Waals surface area contributed by atoms with Crippen LogP contribution in [0.3, 0.4) is 0 Å². The van der Waals surface area contributed by atoms with Crippen molar-refractivity contribution in [1.29, 1.82) is 0 Å². The Kier molecular flexibility index (Phi) is 12.5. The van der Waals surface area contributed by atoms with Crippen LogP contribution in [0.4, 0.5) is 11.4 Å². The van der Waals surface area contributed by atoms with Gasteiger partial charge in [0.2, 0.25) is 0 Å². The standard InChI is InChI=1S/C29H44N4O4/c1-2-4-27(5-3-1)26-31-14-18-34-22-24-36-20-16-33(17-21-37-25-23-35-19-15-31)29-8-6-28(7-9-29)32-12-10-30-11-13-32/h1-9,30H,10-26H2. The number of piperazine rings is 1. The first-order valence-corrected chi connectivity index (χ1v) is 13.8. The van der Waals surface area contributed by atoms with Gasteiger partial charge in [-0.1, -0.05) is 30.3 Å². The van der Waals surface area contributed by atoms with E-state index in [-0.39, 0.29) is 0 Å². The molecule has 0 amide bonds. The molecule has 0 saturated carbocycles. The average molecular weight is 513 g/mol. The van der Waals surface area contributed by atoms with Crippen molar-refractivity contribution >= 4 is 11.4 Å². The largest absolute Gasteiger partial charge is 0.378 e. The fraction of sp³-hybridized carbons (Fsp3) is 0.586. The molecule has 204 valence electrons. The monoisotopic (exact) mass is 512 g/mol. The maximum atomic E-state index is 5.92. The maximum absolute atomic E-state index is 5.92. The number of ether oxygens (including phenoxy) is 4. The van der Waals surface area contributed by atoms with Crippen LogP contribution >= 0.6 is 0 Å². The molecule has 0 radical (unpaired) electrons. The van der Waals surface area contributed by atoms with Crippen molar-refractivity contribution in [2.24, 2.45) is 0 Å². The van der Waals surface area contributed by atoms with Gasteiger partial charge in [-0.05, 0) is 29.8 Å². The fourth-order valence-electron chi connectivity index (χ4n) is 4.66. The maximum Gasteiger partial charge on any atom is 0.0701 e. The van der Waals surface area contributed by atoms with Gasteiger partial charge in [0.1, 0.15) is 0 Å². The van der Waals surface area contributed by atoms with Crippen LogP contribution in [0, 0.1) is 0 Å². The Morgan fingerprint density at radius 2 is 0.973 bits per heavy atom. The van der Waals surface area contributed by atoms with E-state index < -0.39 is 0 Å². The first kappa shape index (κ1) is 27.8. The Morgan fingerprint density at radius 1 is 0.514 bits per heavy atom. The number of nitrogens with zero attached hydrogens (tertiary/aromatic N) is 3. The molecular formula is C29H44N4O4. The summed E-state index contributed by atoms with van der Waals surface area (Å²) in [5.74, 6) is 0. The number of hydrogen-bond donors (Lipinski definition) is 1. The van der Waals surface area contributed by atoms with Gasteiger partial charge in [0.25, 0.3) is 0 Å². The molecule has 1 N–H and O–H groups in total. The third kappa shape index (κ3) is 10.2. The molecular weight excluding hydrogens is 468 g/mol. The van der Waals surface area contributed by atoms with Gasteiger partial charge in [0.05, 0.1) is 52.9 Å². The van der Waals surface area contributed by atoms with Gasteiger partial charge < -0.3 is 34.1 Å². The highest BCUT2D eigenvalue weighted by molar-refractivity contribution is 5.56. The topological polar surface area (TPSA) is 58.7 Å². The van der Waals surface area contributed by atoms with Crippen molar-refractivity contribution in [2.45, 2.75) is 6.54 Å². The summed E-state index contributed by atoms with van der Waals surface area (Å²) in [4.78, 5) is 7.16. The highest BCUT2D eigenvalue weighted by atomic mass is 16.5. The smallest absolute Gasteiger partial charge is 0.0701 e. The molecule has 2 saturated heterocycles. The molecule has 2 aliphatic rings. The van der Waals surface area contributed by atoms with Crippen molar-refractivity contribution in [2.75, 3.05) is 115 Å². The number of hydrogen-bond acceptors (Lipinski definition) is 8. The fourth-order valence-corrected chi connectivity index (χ4v) is 4.66. The van der Waals surface area contributed by atoms with E-state index in [4.69, 9.17) is 18.9 Å². The van der Waals surface area contributed by atoms with Gasteiger partial charge >= 0.3 is 0 Å². The summed E-state index contributed by atoms with van der Waals surface area (Å²) in [7, 11) is 0. The summed E-state index contributed by atoms with van der Waals surface area (Å²) in [6.07, 6.45) is 0. The predicted molar refractivity (Wildman–Crippen MR) is 149 cm³/mol. The second-order valence-corrected chi connectivity index (χ2v) is 9.45. The normalized spacial score (nSPS) is 20.8. The van der Waals surface area contributed by atoms with Crippen LogP contribution in [0.2, 0.25) is 0 Å². The molecule has 2 aliphatic heterocycles. The molecule has 0 aromatic heterocycles. The molecule has 4 rings (SSSR count). The lowest BCUT2D eigenvalue weighted by Gasteiger charge is -2.30. The minimum absolute atomic E-state index is 0.605. The highest BCUT2D eigenvalue weighted by Crippen LogP contribution is 2.21. The van der Waals surface area contributed by atoms with Gasteiger partial charge in [-0.3, -0.25) is 4.90 Å². The van der Waals surface area contributed by atoms with Crippen LogP contribution in [0.15, 0.2) is 54.6 Å². The molecule has 0 spiro atoms. The van der Waals surface area contributed by atoms with E-state index in [1.54, 1.807) is 0 Å². The Morgan fingerprint density at radius 3 is 1.49 bits per heavy atom. The molecule has 2 aromatic carbocycles. The van der Waals surface area contributed by atoms with Gasteiger partial charge in [-0.2, -0.15) is 0 Å². The van der Waals surface area contributed by atoms with E-state index in [0.29, 0.717) is 52.9 Å². The van der Waals surface area contributed by atoms with Crippen LogP contribution < -0.4 is 15.1 Å². The summed E-state index contributed by atoms with van der Waals surface area (Å²) < 4.78 is 23.6. The molecule has 0 unspecified atom stereocenters. The molecule has 2 heterocycles. The quantitative estimate of drug-likeness (QED) is 0.671. The van der Waals surface area contributed by atoms with Crippen LogP contribution in [0.1, 0.15) is 5.56 Å². The lowest BCUT2D eigenvalue weighted by molar-refractivity contribution is 0.0211. The zero-order valence-corrected chi connectivity index (χ0v) is 22.2. The molecule has 8 nitrogen and oxygen atoms in total. The van der Waals surface area contributed by atoms with Crippen LogP contribution in [-0.4, -0.2) is 110 Å². The average Bonchev–Trinajstić information content (AvgIpc) is 2.95. The predicted octanol–water partition coefficient (Wildman–Crippen LogP) is 2.48. The zero-order chi connectivity index (χ0) is 25.4. The number of nitrogens with one attached hydrogen (secondary N) is 1. The SMILES string of the molecule is c1ccc(CN2CCOCCOCCN(c3ccc(N4CCNCC4)cc3)CCOCCOCC2)cc1. The van der Waals surface area contributed by atoms with E-state index in [1.165, 1.54) is 16.9 Å². The minimum Gasteiger partial charge on any atom is -0.378 e. The summed E-state index contributed by atoms with van der Waals surface area (Å²) in [5.41, 5.74) is 3.79. The first-order valence-electron chi connectivity index (χ1n) is 13.8. The van der Waals surface area contributed by atoms with Gasteiger partial charge in [-0.25, -0.2) is 0 Å². The molecule has 8 heteroatoms. The summed E-state index contributed by atoms with van der Waals surface area (Å²) in [5, 5.41) is 3.42. The number of rotatable bonds is 4. The summed E-state index contributed by atoms with van der Waals surface area (Å²) >= 11 is 0. The highest BCUT2D eigenvalue weighted by Gasteiger charge is 2.12. The Balaban J connectivity index is 1.24. The second-order valence-electron chi connectivity index (χ2n) is 9.45. The van der Waals surface area contributed by atoms with Crippen LogP contribution in [0.5, 0.6) is 0 Å². The van der Waals surface area contributed by atoms with Crippen molar-refractivity contribution in [3.05, 3.63) is 60.2 Å². The Bertz CT molecular complexity index is 829. The third-order valence-electron chi connectivity index (χ3n) is 6.80. The minimum atomic E-state index is 0.605. The van der Waals surface area contributed by atoms with Crippen LogP contribution in [0.25, 0.3) is 0 Å². The van der Waals surface area contributed by atoms with E-state index >= 15 is 0 Å². The molecule has 2 aromatic rings. The Hall–Kier alpha value is -2.20. The lowest BCUT2D eigenvalue weighted by atomic mass is 10.2. The zero-order valence-electron chi connectivity index (χ0n) is 22.2. The summed E-state index contributed by atoms with van der Waals surface area (Å²) in [6, 6.07) is 19.5. The third-order valence-corrected chi connectivity index (χ3v) is 6.80. The lowest BCUT2D eigenvalue weighted by Crippen LogP contribution is -2.43. The van der Waals surface area contributed by atoms with Crippen LogP contribution in [-0.2, 0) is 25.5 Å². The summed E-state index contributed by atoms with van der Waals surface area (Å²) in [6.45, 7) is 13.6. The number of benzene rings is 2. The molecule has 37 heavy (non-hydrogen) atoms. The number of anilines is 2. The van der Waals surface area contributed by atoms with Crippen molar-refractivity contribution in [3.8, 4) is 0 Å². The molecule has 0 bridgehead atoms. The van der Waals surface area contributed by atoms with E-state index in [1.807, 2.05) is 0 Å². The molecule has 0 aliphatic carbocycles.